The number of hydrogen-bond donors (Lipinski definition) is 5. The van der Waals surface area contributed by atoms with Crippen molar-refractivity contribution in [1.82, 2.24) is 26.1 Å². The predicted molar refractivity (Wildman–Crippen MR) is 160 cm³/mol. The van der Waals surface area contributed by atoms with Crippen LogP contribution in [-0.4, -0.2) is 88.6 Å². The smallest absolute Gasteiger partial charge is 0.318 e. The Labute approximate surface area is 256 Å². The van der Waals surface area contributed by atoms with Crippen molar-refractivity contribution >= 4 is 40.7 Å². The van der Waals surface area contributed by atoms with Crippen molar-refractivity contribution in [3.05, 3.63) is 47.7 Å². The summed E-state index contributed by atoms with van der Waals surface area (Å²) >= 11 is 0. The van der Waals surface area contributed by atoms with Crippen molar-refractivity contribution in [2.45, 2.75) is 64.8 Å². The molecule has 0 bridgehead atoms. The first-order valence-corrected chi connectivity index (χ1v) is 14.8. The number of benzene rings is 1. The largest absolute Gasteiger partial charge is 0.480 e. The van der Waals surface area contributed by atoms with Gasteiger partial charge in [0, 0.05) is 11.9 Å². The number of carbonyl (C=O) groups is 4. The Morgan fingerprint density at radius 3 is 2.48 bits per heavy atom. The van der Waals surface area contributed by atoms with E-state index in [1.54, 1.807) is 26.0 Å². The number of carboxylic acid groups (broad SMARTS) is 1. The van der Waals surface area contributed by atoms with Gasteiger partial charge in [0.1, 0.15) is 30.4 Å². The molecule has 3 heterocycles. The summed E-state index contributed by atoms with van der Waals surface area (Å²) in [5.74, 6) is -2.64. The van der Waals surface area contributed by atoms with Crippen LogP contribution < -0.4 is 16.1 Å². The molecule has 0 radical (unpaired) electrons. The van der Waals surface area contributed by atoms with Gasteiger partial charge in [0.05, 0.1) is 30.5 Å². The lowest BCUT2D eigenvalue weighted by Crippen LogP contribution is -2.61. The normalized spacial score (nSPS) is 20.7. The number of nitrogens with one attached hydrogen (secondary N) is 3. The molecule has 2 aliphatic rings. The Morgan fingerprint density at radius 2 is 1.80 bits per heavy atom. The molecule has 4 atom stereocenters. The minimum absolute atomic E-state index is 0.0197. The van der Waals surface area contributed by atoms with Gasteiger partial charge in [-0.2, -0.15) is 0 Å². The van der Waals surface area contributed by atoms with E-state index in [0.29, 0.717) is 30.6 Å². The average Bonchev–Trinajstić information content (AvgIpc) is 3.02. The molecule has 238 valence electrons. The molecular weight excluding hydrogens is 570 g/mol. The Kier molecular flexibility index (Phi) is 10.7. The first kappa shape index (κ1) is 33.0. The fourth-order valence-corrected chi connectivity index (χ4v) is 5.01. The number of fused-ring (bicyclic) bond motifs is 1. The van der Waals surface area contributed by atoms with E-state index in [-0.39, 0.29) is 31.8 Å². The molecule has 0 unspecified atom stereocenters. The van der Waals surface area contributed by atoms with Crippen LogP contribution in [0.5, 0.6) is 0 Å². The maximum absolute atomic E-state index is 13.2. The molecule has 2 saturated heterocycles. The summed E-state index contributed by atoms with van der Waals surface area (Å²) in [7, 11) is 0. The Morgan fingerprint density at radius 1 is 1.09 bits per heavy atom. The molecule has 13 nitrogen and oxygen atoms in total. The van der Waals surface area contributed by atoms with E-state index < -0.39 is 47.4 Å². The van der Waals surface area contributed by atoms with Gasteiger partial charge in [-0.15, -0.1) is 0 Å². The van der Waals surface area contributed by atoms with Gasteiger partial charge in [0.25, 0.3) is 5.91 Å². The molecule has 0 spiro atoms. The molecule has 2 aromatic rings. The van der Waals surface area contributed by atoms with Crippen LogP contribution in [0.1, 0.15) is 57.8 Å². The first-order chi connectivity index (χ1) is 20.9. The summed E-state index contributed by atoms with van der Waals surface area (Å²) in [6.45, 7) is 7.25. The first-order valence-electron chi connectivity index (χ1n) is 14.8. The number of carbonyl (C=O) groups excluding carboxylic acids is 3. The number of hydrazine groups is 1. The average molecular weight is 612 g/mol. The zero-order chi connectivity index (χ0) is 32.0. The van der Waals surface area contributed by atoms with E-state index in [1.165, 1.54) is 11.9 Å². The summed E-state index contributed by atoms with van der Waals surface area (Å²) < 4.78 is 10.5. The molecule has 1 aromatic heterocycles. The molecule has 0 saturated carbocycles. The van der Waals surface area contributed by atoms with Gasteiger partial charge in [0.2, 0.25) is 11.8 Å². The second kappa shape index (κ2) is 14.2. The predicted octanol–water partition coefficient (Wildman–Crippen LogP) is 1.52. The maximum Gasteiger partial charge on any atom is 0.318 e. The summed E-state index contributed by atoms with van der Waals surface area (Å²) in [6, 6.07) is 7.35. The summed E-state index contributed by atoms with van der Waals surface area (Å²) in [5.41, 5.74) is 3.77. The number of aliphatic hydroxyl groups excluding tert-OH is 1. The second-order valence-corrected chi connectivity index (χ2v) is 11.8. The van der Waals surface area contributed by atoms with Crippen LogP contribution in [0.3, 0.4) is 0 Å². The van der Waals surface area contributed by atoms with E-state index in [4.69, 9.17) is 14.5 Å². The number of nitrogens with zero attached hydrogens (tertiary/aromatic N) is 2. The molecule has 5 N–H and O–H groups in total. The summed E-state index contributed by atoms with van der Waals surface area (Å²) in [4.78, 5) is 55.0. The van der Waals surface area contributed by atoms with Crippen LogP contribution in [0.2, 0.25) is 0 Å². The lowest BCUT2D eigenvalue weighted by Gasteiger charge is -2.35. The number of ether oxygens (including phenoxy) is 2. The van der Waals surface area contributed by atoms with E-state index in [9.17, 15) is 29.4 Å². The maximum atomic E-state index is 13.2. The minimum atomic E-state index is -1.27. The zero-order valence-corrected chi connectivity index (χ0v) is 25.4. The van der Waals surface area contributed by atoms with Crippen LogP contribution in [0.4, 0.5) is 0 Å². The van der Waals surface area contributed by atoms with Crippen molar-refractivity contribution < 1.29 is 38.9 Å². The number of aliphatic carboxylic acids is 1. The Bertz CT molecular complexity index is 1410. The number of aliphatic hydroxyl groups is 1. The number of hydrogen-bond acceptors (Lipinski definition) is 9. The van der Waals surface area contributed by atoms with Gasteiger partial charge < -0.3 is 30.3 Å². The topological polar surface area (TPSA) is 179 Å². The van der Waals surface area contributed by atoms with Crippen LogP contribution in [-0.2, 0) is 28.7 Å². The van der Waals surface area contributed by atoms with Gasteiger partial charge in [-0.3, -0.25) is 29.2 Å². The van der Waals surface area contributed by atoms with Crippen LogP contribution in [0, 0.1) is 11.3 Å². The lowest BCUT2D eigenvalue weighted by atomic mass is 9.88. The molecule has 2 fully saturated rings. The number of aromatic nitrogens is 1. The van der Waals surface area contributed by atoms with Crippen molar-refractivity contribution in [1.29, 1.82) is 0 Å². The van der Waals surface area contributed by atoms with Crippen LogP contribution in [0.15, 0.2) is 36.4 Å². The molecule has 0 aliphatic carbocycles. The van der Waals surface area contributed by atoms with Gasteiger partial charge in [-0.1, -0.05) is 44.2 Å². The number of carboxylic acids is 1. The third kappa shape index (κ3) is 7.78. The Hall–Kier alpha value is -3.91. The van der Waals surface area contributed by atoms with E-state index in [0.717, 1.165) is 10.9 Å². The van der Waals surface area contributed by atoms with Gasteiger partial charge in [0.15, 0.2) is 0 Å². The number of amides is 3. The highest BCUT2D eigenvalue weighted by Gasteiger charge is 2.39. The third-order valence-electron chi connectivity index (χ3n) is 7.84. The fraction of sp³-hybridized carbons (Fsp3) is 0.516. The SMILES string of the molecule is CC(C)[C@H](O)C(=O)N[C@@H](C)C(=O)N1CCC[C@@H](C(=O)N[C@H](C)c2ccc3ccc(/C=C/C4(C(=O)O)COCOC4)cc3n2)N1. The molecule has 2 aliphatic heterocycles. The minimum Gasteiger partial charge on any atom is -0.480 e. The third-order valence-corrected chi connectivity index (χ3v) is 7.84. The molecule has 1 aromatic carbocycles. The van der Waals surface area contributed by atoms with Crippen molar-refractivity contribution in [3.8, 4) is 0 Å². The quantitative estimate of drug-likeness (QED) is 0.264. The molecule has 13 heteroatoms. The molecule has 44 heavy (non-hydrogen) atoms. The van der Waals surface area contributed by atoms with E-state index in [2.05, 4.69) is 16.1 Å². The standard InChI is InChI=1S/C31H41N5O8/c1-18(2)26(37)28(39)33-20(4)29(40)36-13-5-6-24(35-36)27(38)32-19(3)23-10-9-22-8-7-21(14-25(22)34-23)11-12-31(30(41)42)15-43-17-44-16-31/h7-12,14,18-20,24,26,35,37H,5-6,13,15-17H2,1-4H3,(H,32,38)(H,33,39)(H,41,42)/b12-11+/t19-,20+,24+,26+/m1/s1. The van der Waals surface area contributed by atoms with E-state index >= 15 is 0 Å². The summed E-state index contributed by atoms with van der Waals surface area (Å²) in [5, 5.41) is 27.4. The molecular formula is C31H41N5O8. The van der Waals surface area contributed by atoms with E-state index in [1.807, 2.05) is 37.3 Å². The molecule has 3 amide bonds. The monoisotopic (exact) mass is 611 g/mol. The van der Waals surface area contributed by atoms with Crippen molar-refractivity contribution in [3.63, 3.8) is 0 Å². The van der Waals surface area contributed by atoms with Crippen molar-refractivity contribution in [2.75, 3.05) is 26.6 Å². The van der Waals surface area contributed by atoms with Gasteiger partial charge in [-0.05, 0) is 50.3 Å². The molecule has 4 rings (SSSR count). The van der Waals surface area contributed by atoms with Crippen molar-refractivity contribution in [2.24, 2.45) is 11.3 Å². The highest BCUT2D eigenvalue weighted by molar-refractivity contribution is 5.90. The second-order valence-electron chi connectivity index (χ2n) is 11.8. The highest BCUT2D eigenvalue weighted by Crippen LogP contribution is 2.27. The summed E-state index contributed by atoms with van der Waals surface area (Å²) in [6.07, 6.45) is 3.18. The number of rotatable bonds is 10. The van der Waals surface area contributed by atoms with Gasteiger partial charge >= 0.3 is 5.97 Å². The zero-order valence-electron chi connectivity index (χ0n) is 25.4. The van der Waals surface area contributed by atoms with Crippen LogP contribution >= 0.6 is 0 Å². The fourth-order valence-electron chi connectivity index (χ4n) is 5.01. The Balaban J connectivity index is 1.39. The number of pyridine rings is 1. The van der Waals surface area contributed by atoms with Crippen LogP contribution in [0.25, 0.3) is 17.0 Å². The van der Waals surface area contributed by atoms with Gasteiger partial charge in [-0.25, -0.2) is 5.43 Å². The highest BCUT2D eigenvalue weighted by atomic mass is 16.7. The lowest BCUT2D eigenvalue weighted by molar-refractivity contribution is -0.180.